The van der Waals surface area contributed by atoms with Gasteiger partial charge in [-0.05, 0) is 38.1 Å². The van der Waals surface area contributed by atoms with Crippen molar-refractivity contribution in [1.82, 2.24) is 4.72 Å². The molecule has 9 nitrogen and oxygen atoms in total. The van der Waals surface area contributed by atoms with Crippen LogP contribution in [0.3, 0.4) is 0 Å². The molecule has 0 fully saturated rings. The number of anilines is 1. The fourth-order valence-corrected chi connectivity index (χ4v) is 3.87. The summed E-state index contributed by atoms with van der Waals surface area (Å²) in [5.74, 6) is -0.620. The third-order valence-corrected chi connectivity index (χ3v) is 5.67. The third-order valence-electron chi connectivity index (χ3n) is 3.99. The number of esters is 1. The number of carbonyl (C=O) groups excluding carboxylic acids is 2. The monoisotopic (exact) mass is 436 g/mol. The van der Waals surface area contributed by atoms with Gasteiger partial charge in [0.25, 0.3) is 5.91 Å². The van der Waals surface area contributed by atoms with Crippen molar-refractivity contribution in [1.29, 1.82) is 0 Å². The predicted octanol–water partition coefficient (Wildman–Crippen LogP) is 2.43. The molecule has 0 aromatic heterocycles. The Hall–Kier alpha value is -3.11. The largest absolute Gasteiger partial charge is 0.493 e. The van der Waals surface area contributed by atoms with Crippen LogP contribution < -0.4 is 19.5 Å². The standard InChI is InChI=1S/C20H24N2O7S/c1-12(2)22-30(25,26)14-8-6-13(7-9-14)19(23)21-16-11-18(28-4)17(27-3)10-15(16)20(24)29-5/h6-12,22H,1-5H3,(H,21,23). The molecule has 0 saturated carbocycles. The first-order valence-electron chi connectivity index (χ1n) is 8.91. The fraction of sp³-hybridized carbons (Fsp3) is 0.300. The molecule has 2 aromatic carbocycles. The Morgan fingerprint density at radius 3 is 2.00 bits per heavy atom. The predicted molar refractivity (Wildman–Crippen MR) is 111 cm³/mol. The summed E-state index contributed by atoms with van der Waals surface area (Å²) in [4.78, 5) is 24.8. The lowest BCUT2D eigenvalue weighted by molar-refractivity contribution is 0.0601. The summed E-state index contributed by atoms with van der Waals surface area (Å²) in [5.41, 5.74) is 0.426. The molecule has 2 rings (SSSR count). The highest BCUT2D eigenvalue weighted by Crippen LogP contribution is 2.34. The number of amides is 1. The van der Waals surface area contributed by atoms with E-state index in [2.05, 4.69) is 10.0 Å². The topological polar surface area (TPSA) is 120 Å². The van der Waals surface area contributed by atoms with Crippen molar-refractivity contribution in [3.05, 3.63) is 47.5 Å². The highest BCUT2D eigenvalue weighted by molar-refractivity contribution is 7.89. The number of ether oxygens (including phenoxy) is 3. The van der Waals surface area contributed by atoms with Gasteiger partial charge >= 0.3 is 5.97 Å². The van der Waals surface area contributed by atoms with Crippen LogP contribution in [0.1, 0.15) is 34.6 Å². The molecule has 0 radical (unpaired) electrons. The normalized spacial score (nSPS) is 11.1. The quantitative estimate of drug-likeness (QED) is 0.610. The maximum Gasteiger partial charge on any atom is 0.340 e. The van der Waals surface area contributed by atoms with Crippen LogP contribution in [-0.2, 0) is 14.8 Å². The molecular formula is C20H24N2O7S. The Bertz CT molecular complexity index is 1030. The Balaban J connectivity index is 2.34. The molecule has 30 heavy (non-hydrogen) atoms. The van der Waals surface area contributed by atoms with E-state index in [1.807, 2.05) is 0 Å². The minimum atomic E-state index is -3.67. The summed E-state index contributed by atoms with van der Waals surface area (Å²) >= 11 is 0. The minimum absolute atomic E-state index is 0.0362. The zero-order chi connectivity index (χ0) is 22.5. The van der Waals surface area contributed by atoms with Crippen LogP contribution in [0.2, 0.25) is 0 Å². The smallest absolute Gasteiger partial charge is 0.340 e. The molecule has 0 aliphatic heterocycles. The second-order valence-electron chi connectivity index (χ2n) is 6.50. The molecule has 2 aromatic rings. The van der Waals surface area contributed by atoms with Crippen molar-refractivity contribution >= 4 is 27.6 Å². The molecule has 2 N–H and O–H groups in total. The summed E-state index contributed by atoms with van der Waals surface area (Å²) in [6.45, 7) is 3.42. The molecule has 0 saturated heterocycles. The molecule has 0 heterocycles. The maximum absolute atomic E-state index is 12.7. The van der Waals surface area contributed by atoms with E-state index < -0.39 is 21.9 Å². The Morgan fingerprint density at radius 1 is 0.933 bits per heavy atom. The SMILES string of the molecule is COC(=O)c1cc(OC)c(OC)cc1NC(=O)c1ccc(S(=O)(=O)NC(C)C)cc1. The highest BCUT2D eigenvalue weighted by Gasteiger charge is 2.20. The molecule has 0 spiro atoms. The van der Waals surface area contributed by atoms with Gasteiger partial charge in [-0.1, -0.05) is 0 Å². The van der Waals surface area contributed by atoms with Crippen LogP contribution in [0.15, 0.2) is 41.3 Å². The molecule has 0 bridgehead atoms. The first-order chi connectivity index (χ1) is 14.1. The van der Waals surface area contributed by atoms with E-state index in [1.54, 1.807) is 13.8 Å². The van der Waals surface area contributed by atoms with E-state index in [-0.39, 0.29) is 27.8 Å². The maximum atomic E-state index is 12.7. The number of sulfonamides is 1. The van der Waals surface area contributed by atoms with Crippen molar-refractivity contribution in [3.8, 4) is 11.5 Å². The minimum Gasteiger partial charge on any atom is -0.493 e. The van der Waals surface area contributed by atoms with Crippen LogP contribution in [0, 0.1) is 0 Å². The van der Waals surface area contributed by atoms with Crippen molar-refractivity contribution in [3.63, 3.8) is 0 Å². The van der Waals surface area contributed by atoms with Crippen molar-refractivity contribution in [2.45, 2.75) is 24.8 Å². The van der Waals surface area contributed by atoms with E-state index in [0.717, 1.165) is 0 Å². The van der Waals surface area contributed by atoms with Crippen LogP contribution >= 0.6 is 0 Å². The van der Waals surface area contributed by atoms with Crippen LogP contribution in [-0.4, -0.2) is 47.7 Å². The van der Waals surface area contributed by atoms with E-state index in [0.29, 0.717) is 11.5 Å². The van der Waals surface area contributed by atoms with Gasteiger partial charge < -0.3 is 19.5 Å². The number of benzene rings is 2. The van der Waals surface area contributed by atoms with E-state index in [4.69, 9.17) is 14.2 Å². The summed E-state index contributed by atoms with van der Waals surface area (Å²) in [6, 6.07) is 7.98. The molecule has 1 amide bonds. The van der Waals surface area contributed by atoms with Gasteiger partial charge in [-0.3, -0.25) is 4.79 Å². The van der Waals surface area contributed by atoms with Gasteiger partial charge in [0, 0.05) is 23.7 Å². The summed E-state index contributed by atoms with van der Waals surface area (Å²) < 4.78 is 42.0. The molecular weight excluding hydrogens is 412 g/mol. The summed E-state index contributed by atoms with van der Waals surface area (Å²) in [7, 11) is 0.385. The van der Waals surface area contributed by atoms with Crippen molar-refractivity contribution < 1.29 is 32.2 Å². The van der Waals surface area contributed by atoms with Crippen molar-refractivity contribution in [2.75, 3.05) is 26.6 Å². The summed E-state index contributed by atoms with van der Waals surface area (Å²) in [6.07, 6.45) is 0. The van der Waals surface area contributed by atoms with Crippen LogP contribution in [0.5, 0.6) is 11.5 Å². The lowest BCUT2D eigenvalue weighted by atomic mass is 10.1. The summed E-state index contributed by atoms with van der Waals surface area (Å²) in [5, 5.41) is 2.62. The van der Waals surface area contributed by atoms with Gasteiger partial charge in [-0.25, -0.2) is 17.9 Å². The van der Waals surface area contributed by atoms with E-state index >= 15 is 0 Å². The molecule has 10 heteroatoms. The van der Waals surface area contributed by atoms with Gasteiger partial charge in [-0.15, -0.1) is 0 Å². The van der Waals surface area contributed by atoms with Gasteiger partial charge in [0.05, 0.1) is 37.5 Å². The highest BCUT2D eigenvalue weighted by atomic mass is 32.2. The number of hydrogen-bond acceptors (Lipinski definition) is 7. The number of carbonyl (C=O) groups is 2. The number of nitrogens with one attached hydrogen (secondary N) is 2. The average Bonchev–Trinajstić information content (AvgIpc) is 2.71. The lowest BCUT2D eigenvalue weighted by Gasteiger charge is -2.15. The van der Waals surface area contributed by atoms with E-state index in [9.17, 15) is 18.0 Å². The molecule has 0 unspecified atom stereocenters. The van der Waals surface area contributed by atoms with Gasteiger partial charge in [0.15, 0.2) is 11.5 Å². The third kappa shape index (κ3) is 5.28. The Morgan fingerprint density at radius 2 is 1.50 bits per heavy atom. The van der Waals surface area contributed by atoms with Crippen molar-refractivity contribution in [2.24, 2.45) is 0 Å². The molecule has 0 aliphatic rings. The zero-order valence-electron chi connectivity index (χ0n) is 17.3. The first-order valence-corrected chi connectivity index (χ1v) is 10.4. The average molecular weight is 436 g/mol. The van der Waals surface area contributed by atoms with Gasteiger partial charge in [-0.2, -0.15) is 0 Å². The van der Waals surface area contributed by atoms with Gasteiger partial charge in [0.2, 0.25) is 10.0 Å². The first kappa shape index (κ1) is 23.2. The number of methoxy groups -OCH3 is 3. The molecule has 0 aliphatic carbocycles. The number of hydrogen-bond donors (Lipinski definition) is 2. The number of rotatable bonds is 8. The van der Waals surface area contributed by atoms with Crippen LogP contribution in [0.25, 0.3) is 0 Å². The zero-order valence-corrected chi connectivity index (χ0v) is 18.1. The Kier molecular flexibility index (Phi) is 7.41. The van der Waals surface area contributed by atoms with Crippen LogP contribution in [0.4, 0.5) is 5.69 Å². The Labute approximate surface area is 175 Å². The lowest BCUT2D eigenvalue weighted by Crippen LogP contribution is -2.30. The van der Waals surface area contributed by atoms with Gasteiger partial charge in [0.1, 0.15) is 0 Å². The second-order valence-corrected chi connectivity index (χ2v) is 8.21. The second kappa shape index (κ2) is 9.59. The molecule has 0 atom stereocenters. The molecule has 162 valence electrons. The van der Waals surface area contributed by atoms with E-state index in [1.165, 1.54) is 57.7 Å². The fourth-order valence-electron chi connectivity index (χ4n) is 2.62.